The van der Waals surface area contributed by atoms with Gasteiger partial charge in [0.25, 0.3) is 0 Å². The fourth-order valence-corrected chi connectivity index (χ4v) is 5.42. The minimum Gasteiger partial charge on any atom is -0.508 e. The van der Waals surface area contributed by atoms with Crippen molar-refractivity contribution in [2.75, 3.05) is 31.7 Å². The van der Waals surface area contributed by atoms with Crippen molar-refractivity contribution in [2.45, 2.75) is 44.4 Å². The Morgan fingerprint density at radius 3 is 2.54 bits per heavy atom. The van der Waals surface area contributed by atoms with Crippen molar-refractivity contribution in [3.8, 4) is 22.9 Å². The molecule has 3 aromatic carbocycles. The van der Waals surface area contributed by atoms with Gasteiger partial charge in [-0.2, -0.15) is 9.97 Å². The third kappa shape index (κ3) is 4.45. The average Bonchev–Trinajstić information content (AvgIpc) is 3.24. The number of phenolic OH excluding ortho intramolecular Hbond substituents is 1. The van der Waals surface area contributed by atoms with Gasteiger partial charge < -0.3 is 24.8 Å². The number of hydrogen-bond acceptors (Lipinski definition) is 7. The smallest absolute Gasteiger partial charge is 0.319 e. The second-order valence-corrected chi connectivity index (χ2v) is 10.7. The number of aromatic hydroxyl groups is 1. The molecule has 192 valence electrons. The molecule has 4 aromatic rings. The number of methoxy groups -OCH3 is 1. The topological polar surface area (TPSA) is 79.7 Å². The van der Waals surface area contributed by atoms with Crippen molar-refractivity contribution >= 4 is 27.5 Å². The Hall–Kier alpha value is -3.49. The largest absolute Gasteiger partial charge is 0.508 e. The van der Waals surface area contributed by atoms with Gasteiger partial charge in [0.05, 0.1) is 5.60 Å². The number of aromatic nitrogens is 2. The highest BCUT2D eigenvalue weighted by Gasteiger charge is 2.34. The normalized spacial score (nSPS) is 19.6. The summed E-state index contributed by atoms with van der Waals surface area (Å²) >= 11 is 0. The number of piperazine rings is 1. The third-order valence-corrected chi connectivity index (χ3v) is 7.52. The Balaban J connectivity index is 1.51. The minimum atomic E-state index is -0.548. The molecule has 2 bridgehead atoms. The van der Waals surface area contributed by atoms with E-state index in [1.54, 1.807) is 25.3 Å². The summed E-state index contributed by atoms with van der Waals surface area (Å²) < 4.78 is 27.8. The predicted molar refractivity (Wildman–Crippen MR) is 143 cm³/mol. The van der Waals surface area contributed by atoms with Gasteiger partial charge in [-0.15, -0.1) is 0 Å². The van der Waals surface area contributed by atoms with Crippen LogP contribution in [0.2, 0.25) is 0 Å². The quantitative estimate of drug-likeness (QED) is 0.382. The minimum absolute atomic E-state index is 0.0821. The van der Waals surface area contributed by atoms with E-state index >= 15 is 4.39 Å². The number of nitrogens with zero attached hydrogens (tertiary/aromatic N) is 3. The lowest BCUT2D eigenvalue weighted by Crippen LogP contribution is -2.51. The van der Waals surface area contributed by atoms with E-state index in [9.17, 15) is 5.11 Å². The van der Waals surface area contributed by atoms with Crippen molar-refractivity contribution in [3.05, 3.63) is 54.3 Å². The van der Waals surface area contributed by atoms with Crippen LogP contribution in [0.3, 0.4) is 0 Å². The summed E-state index contributed by atoms with van der Waals surface area (Å²) in [6.45, 7) is 5.64. The molecule has 8 heteroatoms. The molecule has 2 saturated heterocycles. The molecule has 37 heavy (non-hydrogen) atoms. The van der Waals surface area contributed by atoms with Crippen LogP contribution in [0.25, 0.3) is 32.8 Å². The number of nitrogens with one attached hydrogen (secondary N) is 1. The SMILES string of the molecule is COC(C)(C)COc1nc(N2C[C@H]3CC[C@@H](C2)N3)c2ccc(-c3cc(O)cc4ccccc34)c(F)c2n1. The van der Waals surface area contributed by atoms with Crippen molar-refractivity contribution in [2.24, 2.45) is 0 Å². The summed E-state index contributed by atoms with van der Waals surface area (Å²) in [4.78, 5) is 11.5. The molecule has 0 amide bonds. The lowest BCUT2D eigenvalue weighted by molar-refractivity contribution is -0.0169. The Kier molecular flexibility index (Phi) is 5.88. The number of benzene rings is 3. The Bertz CT molecular complexity index is 1480. The molecule has 2 N–H and O–H groups in total. The van der Waals surface area contributed by atoms with E-state index in [-0.39, 0.29) is 23.9 Å². The van der Waals surface area contributed by atoms with Crippen LogP contribution in [0, 0.1) is 5.82 Å². The zero-order valence-corrected chi connectivity index (χ0v) is 21.3. The molecule has 6 rings (SSSR count). The first-order valence-electron chi connectivity index (χ1n) is 12.7. The lowest BCUT2D eigenvalue weighted by atomic mass is 9.96. The highest BCUT2D eigenvalue weighted by atomic mass is 19.1. The maximum atomic E-state index is 16.4. The first-order chi connectivity index (χ1) is 17.8. The number of fused-ring (bicyclic) bond motifs is 4. The van der Waals surface area contributed by atoms with Crippen molar-refractivity contribution in [1.29, 1.82) is 0 Å². The van der Waals surface area contributed by atoms with Crippen LogP contribution in [0.5, 0.6) is 11.8 Å². The van der Waals surface area contributed by atoms with Crippen LogP contribution >= 0.6 is 0 Å². The highest BCUT2D eigenvalue weighted by Crippen LogP contribution is 2.39. The second kappa shape index (κ2) is 9.11. The first kappa shape index (κ1) is 23.9. The number of phenols is 1. The molecule has 0 spiro atoms. The van der Waals surface area contributed by atoms with E-state index in [0.717, 1.165) is 36.7 Å². The van der Waals surface area contributed by atoms with Crippen molar-refractivity contribution in [3.63, 3.8) is 0 Å². The van der Waals surface area contributed by atoms with Gasteiger partial charge in [-0.25, -0.2) is 4.39 Å². The van der Waals surface area contributed by atoms with Gasteiger partial charge in [-0.1, -0.05) is 30.3 Å². The van der Waals surface area contributed by atoms with E-state index in [1.807, 2.05) is 44.2 Å². The maximum absolute atomic E-state index is 16.4. The molecule has 2 atom stereocenters. The standard InChI is InChI=1S/C29H31FN4O3/c1-29(2,36-3)16-37-28-32-26-23(27(33-28)34-14-18-8-9-19(15-34)31-18)11-10-22(25(26)30)24-13-20(35)12-17-6-4-5-7-21(17)24/h4-7,10-13,18-19,31,35H,8-9,14-16H2,1-3H3/t18-,19+. The summed E-state index contributed by atoms with van der Waals surface area (Å²) in [7, 11) is 1.62. The van der Waals surface area contributed by atoms with Gasteiger partial charge in [0.15, 0.2) is 5.82 Å². The average molecular weight is 503 g/mol. The monoisotopic (exact) mass is 502 g/mol. The molecule has 2 aliphatic heterocycles. The molecular formula is C29H31FN4O3. The molecule has 2 fully saturated rings. The molecule has 0 unspecified atom stereocenters. The Morgan fingerprint density at radius 2 is 1.78 bits per heavy atom. The fourth-order valence-electron chi connectivity index (χ4n) is 5.42. The van der Waals surface area contributed by atoms with Gasteiger partial charge in [0, 0.05) is 43.2 Å². The third-order valence-electron chi connectivity index (χ3n) is 7.52. The molecule has 1 aromatic heterocycles. The van der Waals surface area contributed by atoms with Crippen LogP contribution < -0.4 is 15.0 Å². The number of ether oxygens (including phenoxy) is 2. The Labute approximate surface area is 215 Å². The summed E-state index contributed by atoms with van der Waals surface area (Å²) in [5.41, 5.74) is 0.630. The van der Waals surface area contributed by atoms with Gasteiger partial charge in [-0.05, 0) is 61.2 Å². The van der Waals surface area contributed by atoms with Crippen molar-refractivity contribution < 1.29 is 19.0 Å². The number of hydrogen-bond donors (Lipinski definition) is 2. The summed E-state index contributed by atoms with van der Waals surface area (Å²) in [6, 6.07) is 15.5. The van der Waals surface area contributed by atoms with E-state index in [4.69, 9.17) is 14.5 Å². The lowest BCUT2D eigenvalue weighted by Gasteiger charge is -2.34. The second-order valence-electron chi connectivity index (χ2n) is 10.7. The van der Waals surface area contributed by atoms with E-state index in [1.165, 1.54) is 0 Å². The van der Waals surface area contributed by atoms with Gasteiger partial charge in [0.2, 0.25) is 0 Å². The molecule has 0 aliphatic carbocycles. The van der Waals surface area contributed by atoms with Crippen LogP contribution in [-0.4, -0.2) is 59.6 Å². The van der Waals surface area contributed by atoms with E-state index < -0.39 is 11.4 Å². The Morgan fingerprint density at radius 1 is 1.03 bits per heavy atom. The molecule has 0 saturated carbocycles. The zero-order valence-electron chi connectivity index (χ0n) is 21.3. The van der Waals surface area contributed by atoms with Crippen LogP contribution in [0.4, 0.5) is 10.2 Å². The molecular weight excluding hydrogens is 471 g/mol. The number of anilines is 1. The summed E-state index contributed by atoms with van der Waals surface area (Å²) in [5.74, 6) is 0.296. The highest BCUT2D eigenvalue weighted by molar-refractivity contribution is 6.01. The molecule has 3 heterocycles. The van der Waals surface area contributed by atoms with Crippen molar-refractivity contribution in [1.82, 2.24) is 15.3 Å². The molecule has 7 nitrogen and oxygen atoms in total. The van der Waals surface area contributed by atoms with Crippen LogP contribution in [-0.2, 0) is 4.74 Å². The first-order valence-corrected chi connectivity index (χ1v) is 12.7. The zero-order chi connectivity index (χ0) is 25.7. The fraction of sp³-hybridized carbons (Fsp3) is 0.379. The summed E-state index contributed by atoms with van der Waals surface area (Å²) in [6.07, 6.45) is 2.25. The van der Waals surface area contributed by atoms with Gasteiger partial charge >= 0.3 is 6.01 Å². The predicted octanol–water partition coefficient (Wildman–Crippen LogP) is 5.04. The van der Waals surface area contributed by atoms with E-state index in [2.05, 4.69) is 15.2 Å². The van der Waals surface area contributed by atoms with Crippen LogP contribution in [0.1, 0.15) is 26.7 Å². The molecule has 0 radical (unpaired) electrons. The van der Waals surface area contributed by atoms with Gasteiger partial charge in [0.1, 0.15) is 23.7 Å². The van der Waals surface area contributed by atoms with Crippen LogP contribution in [0.15, 0.2) is 48.5 Å². The number of halogens is 1. The van der Waals surface area contributed by atoms with E-state index in [0.29, 0.717) is 34.4 Å². The number of rotatable bonds is 6. The van der Waals surface area contributed by atoms with Gasteiger partial charge in [-0.3, -0.25) is 0 Å². The summed E-state index contributed by atoms with van der Waals surface area (Å²) in [5, 5.41) is 16.3. The maximum Gasteiger partial charge on any atom is 0.319 e. The molecule has 2 aliphatic rings.